The van der Waals surface area contributed by atoms with Crippen LogP contribution in [0.15, 0.2) is 140 Å². The maximum absolute atomic E-state index is 14.5. The van der Waals surface area contributed by atoms with Crippen molar-refractivity contribution in [3.05, 3.63) is 167 Å². The molecule has 5 aromatic rings. The third-order valence-corrected chi connectivity index (χ3v) is 11.1. The summed E-state index contributed by atoms with van der Waals surface area (Å²) in [5.74, 6) is -2.77. The molecule has 7 rings (SSSR count). The number of amides is 3. The quantitative estimate of drug-likeness (QED) is 0.125. The Kier molecular flexibility index (Phi) is 11.5. The summed E-state index contributed by atoms with van der Waals surface area (Å²) < 4.78 is 12.3. The molecular formula is C48H49N3O7. The Labute approximate surface area is 339 Å². The van der Waals surface area contributed by atoms with Crippen LogP contribution in [-0.2, 0) is 29.4 Å². The minimum Gasteiger partial charge on any atom is -0.480 e. The predicted octanol–water partition coefficient (Wildman–Crippen LogP) is 7.60. The SMILES string of the molecule is CN(C(=O)[C@H]1C[C@H](OC(C)(C)C)CN1C(=O)OCC1c2ccccc2-c2ccccc21)[C@@H](CC(=O)NC(c1ccccc1)(c1ccccc1)c1ccccc1)C(=O)O. The Morgan fingerprint density at radius 1 is 0.741 bits per heavy atom. The molecule has 0 radical (unpaired) electrons. The van der Waals surface area contributed by atoms with Gasteiger partial charge in [-0.25, -0.2) is 9.59 Å². The molecule has 10 heteroatoms. The number of carboxylic acid groups (broad SMARTS) is 1. The number of rotatable bonds is 12. The second kappa shape index (κ2) is 16.7. The number of fused-ring (bicyclic) bond motifs is 3. The van der Waals surface area contributed by atoms with E-state index in [1.165, 1.54) is 11.9 Å². The summed E-state index contributed by atoms with van der Waals surface area (Å²) in [6.07, 6.45) is -1.64. The highest BCUT2D eigenvalue weighted by molar-refractivity contribution is 5.92. The molecule has 3 amide bonds. The van der Waals surface area contributed by atoms with Gasteiger partial charge in [0.2, 0.25) is 11.8 Å². The molecule has 1 saturated heterocycles. The van der Waals surface area contributed by atoms with E-state index in [1.54, 1.807) is 0 Å². The zero-order valence-corrected chi connectivity index (χ0v) is 33.2. The molecule has 298 valence electrons. The summed E-state index contributed by atoms with van der Waals surface area (Å²) in [5, 5.41) is 13.8. The molecule has 0 saturated carbocycles. The molecule has 0 unspecified atom stereocenters. The van der Waals surface area contributed by atoms with E-state index < -0.39 is 59.6 Å². The lowest BCUT2D eigenvalue weighted by atomic mass is 9.77. The van der Waals surface area contributed by atoms with Crippen LogP contribution >= 0.6 is 0 Å². The van der Waals surface area contributed by atoms with Crippen LogP contribution in [0.5, 0.6) is 0 Å². The topological polar surface area (TPSA) is 125 Å². The molecule has 5 aromatic carbocycles. The molecule has 1 aliphatic carbocycles. The number of aliphatic carboxylic acids is 1. The zero-order valence-electron chi connectivity index (χ0n) is 33.2. The number of nitrogens with zero attached hydrogens (tertiary/aromatic N) is 2. The van der Waals surface area contributed by atoms with E-state index in [2.05, 4.69) is 17.4 Å². The largest absolute Gasteiger partial charge is 0.480 e. The van der Waals surface area contributed by atoms with Gasteiger partial charge in [0, 0.05) is 19.4 Å². The second-order valence-corrected chi connectivity index (χ2v) is 16.0. The van der Waals surface area contributed by atoms with Gasteiger partial charge in [0.05, 0.1) is 24.7 Å². The van der Waals surface area contributed by atoms with Crippen LogP contribution in [0.4, 0.5) is 4.79 Å². The van der Waals surface area contributed by atoms with Crippen LogP contribution in [-0.4, -0.2) is 82.8 Å². The van der Waals surface area contributed by atoms with Gasteiger partial charge in [-0.05, 0) is 59.7 Å². The van der Waals surface area contributed by atoms with Crippen molar-refractivity contribution in [3.8, 4) is 11.1 Å². The molecule has 10 nitrogen and oxygen atoms in total. The summed E-state index contributed by atoms with van der Waals surface area (Å²) >= 11 is 0. The summed E-state index contributed by atoms with van der Waals surface area (Å²) in [6, 6.07) is 41.9. The van der Waals surface area contributed by atoms with Crippen molar-refractivity contribution >= 4 is 23.9 Å². The number of ether oxygens (including phenoxy) is 2. The molecule has 0 spiro atoms. The highest BCUT2D eigenvalue weighted by Gasteiger charge is 2.46. The van der Waals surface area contributed by atoms with Crippen molar-refractivity contribution in [3.63, 3.8) is 0 Å². The summed E-state index contributed by atoms with van der Waals surface area (Å²) in [6.45, 7) is 5.81. The number of carbonyl (C=O) groups is 4. The lowest BCUT2D eigenvalue weighted by molar-refractivity contribution is -0.152. The van der Waals surface area contributed by atoms with Crippen molar-refractivity contribution in [2.75, 3.05) is 20.2 Å². The maximum Gasteiger partial charge on any atom is 0.410 e. The first kappa shape index (κ1) is 40.0. The number of carboxylic acids is 1. The van der Waals surface area contributed by atoms with E-state index in [0.29, 0.717) is 0 Å². The Balaban J connectivity index is 1.13. The first-order chi connectivity index (χ1) is 27.9. The number of hydrogen-bond donors (Lipinski definition) is 2. The van der Waals surface area contributed by atoms with Crippen LogP contribution in [0.1, 0.15) is 67.3 Å². The maximum atomic E-state index is 14.5. The zero-order chi connectivity index (χ0) is 41.0. The van der Waals surface area contributed by atoms with Gasteiger partial charge in [-0.15, -0.1) is 0 Å². The van der Waals surface area contributed by atoms with Gasteiger partial charge in [-0.2, -0.15) is 0 Å². The minimum atomic E-state index is -1.56. The van der Waals surface area contributed by atoms with Gasteiger partial charge in [0.25, 0.3) is 0 Å². The first-order valence-electron chi connectivity index (χ1n) is 19.6. The first-order valence-corrected chi connectivity index (χ1v) is 19.6. The predicted molar refractivity (Wildman–Crippen MR) is 221 cm³/mol. The summed E-state index contributed by atoms with van der Waals surface area (Å²) in [5.41, 5.74) is 4.83. The second-order valence-electron chi connectivity index (χ2n) is 16.0. The van der Waals surface area contributed by atoms with Crippen LogP contribution in [0.2, 0.25) is 0 Å². The molecular weight excluding hydrogens is 731 g/mol. The number of likely N-dealkylation sites (N-methyl/N-ethyl adjacent to an activating group) is 1. The van der Waals surface area contributed by atoms with E-state index in [-0.39, 0.29) is 25.5 Å². The lowest BCUT2D eigenvalue weighted by Gasteiger charge is -2.37. The van der Waals surface area contributed by atoms with Crippen molar-refractivity contribution in [1.29, 1.82) is 0 Å². The minimum absolute atomic E-state index is 0.0504. The smallest absolute Gasteiger partial charge is 0.410 e. The summed E-state index contributed by atoms with van der Waals surface area (Å²) in [4.78, 5) is 58.2. The third-order valence-electron chi connectivity index (χ3n) is 11.1. The molecule has 58 heavy (non-hydrogen) atoms. The van der Waals surface area contributed by atoms with Crippen LogP contribution in [0, 0.1) is 0 Å². The van der Waals surface area contributed by atoms with Crippen molar-refractivity contribution in [2.45, 2.75) is 68.9 Å². The molecule has 0 bridgehead atoms. The van der Waals surface area contributed by atoms with Gasteiger partial charge in [-0.1, -0.05) is 140 Å². The molecule has 2 N–H and O–H groups in total. The fourth-order valence-corrected chi connectivity index (χ4v) is 8.49. The van der Waals surface area contributed by atoms with E-state index in [4.69, 9.17) is 9.47 Å². The molecule has 1 aliphatic heterocycles. The fraction of sp³-hybridized carbons (Fsp3) is 0.292. The Morgan fingerprint density at radius 2 is 1.21 bits per heavy atom. The molecule has 1 heterocycles. The highest BCUT2D eigenvalue weighted by atomic mass is 16.6. The molecule has 0 aromatic heterocycles. The van der Waals surface area contributed by atoms with Gasteiger partial charge in [-0.3, -0.25) is 14.5 Å². The Hall–Kier alpha value is -6.26. The number of hydrogen-bond acceptors (Lipinski definition) is 6. The number of carbonyl (C=O) groups excluding carboxylic acids is 3. The van der Waals surface area contributed by atoms with Crippen LogP contribution in [0.25, 0.3) is 11.1 Å². The van der Waals surface area contributed by atoms with E-state index in [0.717, 1.165) is 43.8 Å². The van der Waals surface area contributed by atoms with Gasteiger partial charge >= 0.3 is 12.1 Å². The third kappa shape index (κ3) is 8.11. The van der Waals surface area contributed by atoms with Crippen LogP contribution in [0.3, 0.4) is 0 Å². The van der Waals surface area contributed by atoms with Crippen molar-refractivity contribution < 1.29 is 33.8 Å². The van der Waals surface area contributed by atoms with Gasteiger partial charge in [0.15, 0.2) is 0 Å². The normalized spacial score (nSPS) is 16.9. The standard InChI is InChI=1S/C48H49N3O7/c1-47(2,3)58-35-28-41(51(30-35)46(56)57-31-40-38-26-16-14-24-36(38)37-25-15-17-27-39(37)40)44(53)50(4)42(45(54)55)29-43(52)49-48(32-18-8-5-9-19-32,33-20-10-6-11-21-33)34-22-12-7-13-23-34/h5-27,35,40-42H,28-31H2,1-4H3,(H,49,52)(H,54,55)/t35-,41+,42-/m0/s1. The van der Waals surface area contributed by atoms with E-state index >= 15 is 0 Å². The number of likely N-dealkylation sites (tertiary alicyclic amines) is 1. The Bertz CT molecular complexity index is 2120. The highest BCUT2D eigenvalue weighted by Crippen LogP contribution is 2.45. The molecule has 2 aliphatic rings. The average molecular weight is 780 g/mol. The molecule has 1 fully saturated rings. The monoisotopic (exact) mass is 779 g/mol. The van der Waals surface area contributed by atoms with E-state index in [1.807, 2.05) is 148 Å². The lowest BCUT2D eigenvalue weighted by Crippen LogP contribution is -2.54. The van der Waals surface area contributed by atoms with Crippen molar-refractivity contribution in [1.82, 2.24) is 15.1 Å². The van der Waals surface area contributed by atoms with Gasteiger partial charge < -0.3 is 24.8 Å². The summed E-state index contributed by atoms with van der Waals surface area (Å²) in [7, 11) is 1.36. The fourth-order valence-electron chi connectivity index (χ4n) is 8.49. The number of benzene rings is 5. The van der Waals surface area contributed by atoms with E-state index in [9.17, 15) is 24.3 Å². The number of nitrogens with one attached hydrogen (secondary N) is 1. The molecule has 3 atom stereocenters. The van der Waals surface area contributed by atoms with Crippen LogP contribution < -0.4 is 5.32 Å². The average Bonchev–Trinajstić information content (AvgIpc) is 3.79. The van der Waals surface area contributed by atoms with Crippen molar-refractivity contribution in [2.24, 2.45) is 0 Å². The Morgan fingerprint density at radius 3 is 1.67 bits per heavy atom. The van der Waals surface area contributed by atoms with Gasteiger partial charge in [0.1, 0.15) is 24.2 Å².